The summed E-state index contributed by atoms with van der Waals surface area (Å²) in [7, 11) is -4.78. The number of imide groups is 1. The van der Waals surface area contributed by atoms with Crippen molar-refractivity contribution < 1.29 is 52.9 Å². The second kappa shape index (κ2) is 9.18. The van der Waals surface area contributed by atoms with Gasteiger partial charge in [-0.2, -0.15) is 4.98 Å². The van der Waals surface area contributed by atoms with Crippen molar-refractivity contribution in [3.8, 4) is 0 Å². The van der Waals surface area contributed by atoms with E-state index in [2.05, 4.69) is 4.98 Å². The van der Waals surface area contributed by atoms with Crippen molar-refractivity contribution in [2.45, 2.75) is 75.2 Å². The van der Waals surface area contributed by atoms with Gasteiger partial charge in [-0.25, -0.2) is 14.2 Å². The minimum atomic E-state index is -4.78. The fourth-order valence-corrected chi connectivity index (χ4v) is 6.07. The fraction of sp³-hybridized carbons (Fsp3) is 0.700. The van der Waals surface area contributed by atoms with E-state index < -0.39 is 87.2 Å². The van der Waals surface area contributed by atoms with Gasteiger partial charge in [-0.15, -0.1) is 0 Å². The molecule has 6 bridgehead atoms. The Morgan fingerprint density at radius 2 is 1.95 bits per heavy atom. The highest BCUT2D eigenvalue weighted by Crippen LogP contribution is 2.49. The van der Waals surface area contributed by atoms with Crippen LogP contribution in [0.2, 0.25) is 0 Å². The van der Waals surface area contributed by atoms with Gasteiger partial charge in [-0.3, -0.25) is 28.6 Å². The monoisotopic (exact) mass is 546 g/mol. The lowest BCUT2D eigenvalue weighted by Crippen LogP contribution is -2.67. The van der Waals surface area contributed by atoms with E-state index in [0.29, 0.717) is 5.56 Å². The molecule has 0 aromatic carbocycles. The standard InChI is InChI=1S/C20H27N4O12P/c1-8-5-23-13-3-9(26)12(35-13)7-33-37(31,32)36-10-4-14(34-11(10)6-25)24-16(15(8)21-18(23)28)20(2,30)17(27)22-19(24)29/h5,9-14,16,25-26,30H,3-4,6-7H2,1-2H3,(H,31,32)(H,22,27,29)/t9-,10-,11+,12+,13+,14+,16-,20+/m0/s1. The number of fused-ring (bicyclic) bond motifs is 5. The molecule has 5 aliphatic heterocycles. The van der Waals surface area contributed by atoms with Crippen LogP contribution in [-0.2, 0) is 27.9 Å². The molecule has 16 nitrogen and oxygen atoms in total. The lowest BCUT2D eigenvalue weighted by molar-refractivity contribution is -0.159. The SMILES string of the molecule is Cc1cn2c(=O)nc1[C@@H]1N(C(=O)NC(=O)[C@]1(C)O)[C@H]1C[C@H](OP(=O)(O)OC[C@H]3O[C@@H]2C[C@@H]3O)[C@@H](CO)O1. The van der Waals surface area contributed by atoms with E-state index in [1.807, 2.05) is 5.32 Å². The molecule has 17 heteroatoms. The molecule has 0 spiro atoms. The van der Waals surface area contributed by atoms with Gasteiger partial charge in [0.15, 0.2) is 5.60 Å². The zero-order valence-corrected chi connectivity index (χ0v) is 20.7. The summed E-state index contributed by atoms with van der Waals surface area (Å²) in [6.45, 7) is 1.47. The molecule has 5 N–H and O–H groups in total. The first-order chi connectivity index (χ1) is 17.3. The van der Waals surface area contributed by atoms with Crippen molar-refractivity contribution in [3.63, 3.8) is 0 Å². The number of aromatic nitrogens is 2. The number of nitrogens with zero attached hydrogens (tertiary/aromatic N) is 3. The van der Waals surface area contributed by atoms with Crippen LogP contribution in [0.1, 0.15) is 43.3 Å². The molecule has 5 aliphatic rings. The number of phosphoric ester groups is 1. The summed E-state index contributed by atoms with van der Waals surface area (Å²) in [6.07, 6.45) is -5.94. The largest absolute Gasteiger partial charge is 0.472 e. The Morgan fingerprint density at radius 1 is 1.22 bits per heavy atom. The molecule has 3 amide bonds. The highest BCUT2D eigenvalue weighted by atomic mass is 31.2. The maximum atomic E-state index is 13.1. The maximum absolute atomic E-state index is 13.1. The first kappa shape index (κ1) is 26.3. The van der Waals surface area contributed by atoms with Crippen molar-refractivity contribution in [2.75, 3.05) is 13.2 Å². The van der Waals surface area contributed by atoms with Crippen LogP contribution in [-0.4, -0.2) is 96.1 Å². The highest BCUT2D eigenvalue weighted by molar-refractivity contribution is 7.47. The Labute approximate surface area is 209 Å². The molecule has 204 valence electrons. The topological polar surface area (TPSA) is 219 Å². The number of aliphatic hydroxyl groups is 3. The minimum absolute atomic E-state index is 0.0652. The van der Waals surface area contributed by atoms with Crippen LogP contribution < -0.4 is 11.0 Å². The zero-order valence-electron chi connectivity index (χ0n) is 19.8. The molecule has 3 fully saturated rings. The second-order valence-corrected chi connectivity index (χ2v) is 11.0. The number of carbonyl (C=O) groups is 2. The molecule has 0 radical (unpaired) electrons. The first-order valence-corrected chi connectivity index (χ1v) is 13.0. The molecule has 0 aliphatic carbocycles. The number of aliphatic hydroxyl groups excluding tert-OH is 2. The molecule has 6 heterocycles. The van der Waals surface area contributed by atoms with E-state index in [4.69, 9.17) is 18.5 Å². The number of carbonyl (C=O) groups excluding carboxylic acids is 2. The van der Waals surface area contributed by atoms with Crippen LogP contribution in [0, 0.1) is 6.92 Å². The van der Waals surface area contributed by atoms with Gasteiger partial charge in [-0.1, -0.05) is 0 Å². The molecule has 0 saturated carbocycles. The highest BCUT2D eigenvalue weighted by Gasteiger charge is 2.56. The fourth-order valence-electron chi connectivity index (χ4n) is 5.11. The number of phosphoric acid groups is 1. The van der Waals surface area contributed by atoms with Crippen LogP contribution >= 0.6 is 7.82 Å². The summed E-state index contributed by atoms with van der Waals surface area (Å²) in [5.41, 5.74) is -2.92. The van der Waals surface area contributed by atoms with E-state index in [1.54, 1.807) is 6.92 Å². The Bertz CT molecular complexity index is 1220. The van der Waals surface area contributed by atoms with Gasteiger partial charge < -0.3 is 29.7 Å². The van der Waals surface area contributed by atoms with Gasteiger partial charge in [0.25, 0.3) is 5.91 Å². The molecule has 1 unspecified atom stereocenters. The van der Waals surface area contributed by atoms with Crippen molar-refractivity contribution in [1.29, 1.82) is 0 Å². The maximum Gasteiger partial charge on any atom is 0.472 e. The lowest BCUT2D eigenvalue weighted by atomic mass is 9.87. The van der Waals surface area contributed by atoms with Crippen LogP contribution in [0.3, 0.4) is 0 Å². The zero-order chi connectivity index (χ0) is 26.9. The number of urea groups is 1. The molecule has 9 atom stereocenters. The van der Waals surface area contributed by atoms with Crippen molar-refractivity contribution in [3.05, 3.63) is 27.9 Å². The van der Waals surface area contributed by atoms with Crippen LogP contribution in [0.15, 0.2) is 11.0 Å². The smallest absolute Gasteiger partial charge is 0.394 e. The number of hydrogen-bond acceptors (Lipinski definition) is 12. The summed E-state index contributed by atoms with van der Waals surface area (Å²) in [5.74, 6) is -1.04. The summed E-state index contributed by atoms with van der Waals surface area (Å²) < 4.78 is 35.4. The predicted molar refractivity (Wildman–Crippen MR) is 118 cm³/mol. The molecular formula is C20H27N4O12P. The van der Waals surface area contributed by atoms with Gasteiger partial charge in [0, 0.05) is 19.0 Å². The summed E-state index contributed by atoms with van der Waals surface area (Å²) >= 11 is 0. The molecule has 6 rings (SSSR count). The average molecular weight is 546 g/mol. The van der Waals surface area contributed by atoms with Crippen LogP contribution in [0.4, 0.5) is 4.79 Å². The number of aryl methyl sites for hydroxylation is 1. The van der Waals surface area contributed by atoms with E-state index in [0.717, 1.165) is 16.4 Å². The van der Waals surface area contributed by atoms with Gasteiger partial charge in [0.1, 0.15) is 36.8 Å². The Kier molecular flexibility index (Phi) is 6.54. The Hall–Kier alpha value is -2.27. The second-order valence-electron chi connectivity index (χ2n) is 9.60. The summed E-state index contributed by atoms with van der Waals surface area (Å²) in [6, 6.07) is -2.50. The Balaban J connectivity index is 1.66. The van der Waals surface area contributed by atoms with E-state index in [1.165, 1.54) is 6.20 Å². The number of amides is 3. The Morgan fingerprint density at radius 3 is 2.65 bits per heavy atom. The quantitative estimate of drug-likeness (QED) is 0.245. The molecule has 1 aromatic heterocycles. The van der Waals surface area contributed by atoms with Gasteiger partial charge in [-0.05, 0) is 19.4 Å². The third-order valence-corrected chi connectivity index (χ3v) is 8.03. The van der Waals surface area contributed by atoms with E-state index >= 15 is 0 Å². The van der Waals surface area contributed by atoms with E-state index in [-0.39, 0.29) is 18.5 Å². The van der Waals surface area contributed by atoms with Crippen LogP contribution in [0.5, 0.6) is 0 Å². The first-order valence-electron chi connectivity index (χ1n) is 11.5. The van der Waals surface area contributed by atoms with Crippen molar-refractivity contribution in [1.82, 2.24) is 19.8 Å². The van der Waals surface area contributed by atoms with Crippen LogP contribution in [0.25, 0.3) is 0 Å². The van der Waals surface area contributed by atoms with Gasteiger partial charge in [0.2, 0.25) is 0 Å². The van der Waals surface area contributed by atoms with Crippen molar-refractivity contribution in [2.24, 2.45) is 0 Å². The predicted octanol–water partition coefficient (Wildman–Crippen LogP) is -1.83. The van der Waals surface area contributed by atoms with E-state index in [9.17, 15) is 39.2 Å². The summed E-state index contributed by atoms with van der Waals surface area (Å²) in [4.78, 5) is 54.0. The minimum Gasteiger partial charge on any atom is -0.394 e. The summed E-state index contributed by atoms with van der Waals surface area (Å²) in [5, 5.41) is 33.5. The van der Waals surface area contributed by atoms with Crippen molar-refractivity contribution >= 4 is 19.8 Å². The average Bonchev–Trinajstić information content (AvgIpc) is 3.38. The van der Waals surface area contributed by atoms with Gasteiger partial charge in [0.05, 0.1) is 25.0 Å². The third-order valence-electron chi connectivity index (χ3n) is 7.01. The lowest BCUT2D eigenvalue weighted by Gasteiger charge is -2.45. The normalized spacial score (nSPS) is 42.1. The number of rotatable bonds is 1. The number of nitrogens with one attached hydrogen (secondary N) is 1. The number of ether oxygens (including phenoxy) is 2. The molecule has 3 saturated heterocycles. The molecular weight excluding hydrogens is 519 g/mol. The third kappa shape index (κ3) is 4.51. The molecule has 1 aromatic rings. The molecule has 37 heavy (non-hydrogen) atoms. The number of hydrogen-bond donors (Lipinski definition) is 5. The van der Waals surface area contributed by atoms with Gasteiger partial charge >= 0.3 is 19.5 Å².